The van der Waals surface area contributed by atoms with Crippen LogP contribution in [0.25, 0.3) is 12.2 Å². The van der Waals surface area contributed by atoms with Crippen molar-refractivity contribution in [1.82, 2.24) is 34.6 Å². The second-order valence-electron chi connectivity index (χ2n) is 20.6. The van der Waals surface area contributed by atoms with Gasteiger partial charge in [-0.15, -0.1) is 22.7 Å². The lowest BCUT2D eigenvalue weighted by molar-refractivity contribution is -0.129. The molecule has 1 aliphatic carbocycles. The number of thiazole rings is 2. The minimum atomic E-state index is -0.582. The number of hydrogen-bond donors (Lipinski definition) is 2. The number of ether oxygens (including phenoxy) is 1. The monoisotopic (exact) mass is 997 g/mol. The molecule has 0 unspecified atom stereocenters. The number of likely N-dealkylation sites (tertiary alicyclic amines) is 1. The maximum absolute atomic E-state index is 13.1. The second-order valence-corrected chi connectivity index (χ2v) is 22.5. The molecule has 372 valence electrons. The summed E-state index contributed by atoms with van der Waals surface area (Å²) in [6.07, 6.45) is 29.1. The van der Waals surface area contributed by atoms with Gasteiger partial charge in [0.2, 0.25) is 23.6 Å². The van der Waals surface area contributed by atoms with Crippen LogP contribution in [-0.2, 0) is 49.6 Å². The zero-order chi connectivity index (χ0) is 49.6. The Hall–Kier alpha value is -6.33. The first-order valence-electron chi connectivity index (χ1n) is 24.9. The number of hydrogen-bond acceptors (Lipinski definition) is 12. The zero-order valence-corrected chi connectivity index (χ0v) is 42.5. The highest BCUT2D eigenvalue weighted by Crippen LogP contribution is 2.44. The van der Waals surface area contributed by atoms with E-state index in [9.17, 15) is 24.0 Å². The van der Waals surface area contributed by atoms with E-state index in [-0.39, 0.29) is 35.1 Å². The summed E-state index contributed by atoms with van der Waals surface area (Å²) in [7, 11) is 0. The van der Waals surface area contributed by atoms with E-state index in [2.05, 4.69) is 48.8 Å². The molecule has 10 rings (SSSR count). The summed E-state index contributed by atoms with van der Waals surface area (Å²) in [5.74, 6) is 1.31. The third-order valence-corrected chi connectivity index (χ3v) is 16.0. The fraction of sp³-hybridized carbons (Fsp3) is 0.463. The van der Waals surface area contributed by atoms with Crippen LogP contribution in [0, 0.1) is 10.8 Å². The average molecular weight is 998 g/mol. The zero-order valence-electron chi connectivity index (χ0n) is 40.9. The molecule has 6 aliphatic rings. The van der Waals surface area contributed by atoms with Crippen LogP contribution < -0.4 is 10.6 Å². The quantitative estimate of drug-likeness (QED) is 0.128. The van der Waals surface area contributed by atoms with Crippen molar-refractivity contribution in [2.75, 3.05) is 49.9 Å². The average Bonchev–Trinajstić information content (AvgIpc) is 4.09. The van der Waals surface area contributed by atoms with Crippen LogP contribution in [0.2, 0.25) is 0 Å². The van der Waals surface area contributed by atoms with E-state index in [0.717, 1.165) is 96.6 Å². The predicted octanol–water partition coefficient (Wildman–Crippen LogP) is 8.86. The summed E-state index contributed by atoms with van der Waals surface area (Å²) < 4.78 is 5.50. The van der Waals surface area contributed by atoms with E-state index in [0.29, 0.717) is 63.6 Å². The number of piperidine rings is 1. The molecule has 2 fully saturated rings. The number of carbonyl (C=O) groups is 5. The normalized spacial score (nSPS) is 19.6. The molecule has 9 heterocycles. The number of rotatable bonds is 8. The van der Waals surface area contributed by atoms with Crippen LogP contribution in [-0.4, -0.2) is 109 Å². The van der Waals surface area contributed by atoms with Crippen molar-refractivity contribution in [3.05, 3.63) is 115 Å². The minimum absolute atomic E-state index is 0.0179. The molecule has 15 nitrogen and oxygen atoms in total. The van der Waals surface area contributed by atoms with Gasteiger partial charge in [-0.05, 0) is 119 Å². The Balaban J connectivity index is 0.000000179. The van der Waals surface area contributed by atoms with Gasteiger partial charge in [-0.3, -0.25) is 19.2 Å². The Morgan fingerprint density at radius 1 is 0.662 bits per heavy atom. The molecule has 0 aromatic carbocycles. The highest BCUT2D eigenvalue weighted by atomic mass is 32.1. The molecule has 17 heteroatoms. The number of carbonyl (C=O) groups excluding carboxylic acids is 5. The number of fused-ring (bicyclic) bond motifs is 2. The van der Waals surface area contributed by atoms with Crippen LogP contribution >= 0.6 is 22.7 Å². The van der Waals surface area contributed by atoms with Gasteiger partial charge >= 0.3 is 6.09 Å². The highest BCUT2D eigenvalue weighted by molar-refractivity contribution is 7.09. The Bertz CT molecular complexity index is 2740. The number of aromatic nitrogens is 4. The third kappa shape index (κ3) is 12.2. The van der Waals surface area contributed by atoms with Gasteiger partial charge < -0.3 is 30.1 Å². The predicted molar refractivity (Wildman–Crippen MR) is 276 cm³/mol. The van der Waals surface area contributed by atoms with Gasteiger partial charge in [-0.2, -0.15) is 0 Å². The van der Waals surface area contributed by atoms with Gasteiger partial charge in [0.05, 0.1) is 20.8 Å². The lowest BCUT2D eigenvalue weighted by atomic mass is 9.68. The number of anilines is 2. The van der Waals surface area contributed by atoms with E-state index in [1.807, 2.05) is 65.9 Å². The standard InChI is InChI=1S/C29H35N5O4S.C25H28N4O2S/c1-28(2,3)38-27(37)34-13-8-29(9-14-34)18-22-16-21(19-31-25(22)32-26(29)36)4-5-24(35)33-11-6-20(7-12-33)17-23-30-10-15-39-23;30-22(29-11-6-18(7-12-29)15-21-26-10-13-32-21)5-4-19-14-20-16-25(8-2-1-3-9-25)24(31)28-23(20)27-17-19/h4-6,10,15-16,19H,7-9,11-14,17-18H2,1-3H3,(H,31,32,36);4-6,10,13-14,17H,1-3,7-9,11-12,15-16H2,(H,27,28,31)/b2*5-4+. The number of nitrogens with one attached hydrogen (secondary N) is 2. The second kappa shape index (κ2) is 21.6. The van der Waals surface area contributed by atoms with Gasteiger partial charge in [0, 0.05) is 99.8 Å². The Kier molecular flexibility index (Phi) is 15.1. The molecule has 2 spiro atoms. The van der Waals surface area contributed by atoms with Gasteiger partial charge in [0.15, 0.2) is 0 Å². The van der Waals surface area contributed by atoms with E-state index in [1.165, 1.54) is 17.6 Å². The largest absolute Gasteiger partial charge is 0.444 e. The van der Waals surface area contributed by atoms with Crippen molar-refractivity contribution in [2.45, 2.75) is 110 Å². The lowest BCUT2D eigenvalue weighted by Gasteiger charge is -2.43. The molecule has 1 saturated heterocycles. The molecule has 71 heavy (non-hydrogen) atoms. The van der Waals surface area contributed by atoms with E-state index >= 15 is 0 Å². The first kappa shape index (κ1) is 49.6. The smallest absolute Gasteiger partial charge is 0.410 e. The minimum Gasteiger partial charge on any atom is -0.444 e. The third-order valence-electron chi connectivity index (χ3n) is 14.4. The summed E-state index contributed by atoms with van der Waals surface area (Å²) in [4.78, 5) is 86.8. The van der Waals surface area contributed by atoms with Gasteiger partial charge in [-0.1, -0.05) is 42.6 Å². The lowest BCUT2D eigenvalue weighted by Crippen LogP contribution is -2.51. The molecule has 0 atom stereocenters. The molecule has 2 N–H and O–H groups in total. The summed E-state index contributed by atoms with van der Waals surface area (Å²) in [6, 6.07) is 4.07. The summed E-state index contributed by atoms with van der Waals surface area (Å²) in [6.45, 7) is 9.14. The van der Waals surface area contributed by atoms with E-state index in [4.69, 9.17) is 4.74 Å². The molecular formula is C54H63N9O6S2. The van der Waals surface area contributed by atoms with Crippen LogP contribution in [0.15, 0.2) is 83.1 Å². The molecule has 4 aromatic heterocycles. The molecule has 0 bridgehead atoms. The molecule has 1 saturated carbocycles. The molecule has 4 aromatic rings. The summed E-state index contributed by atoms with van der Waals surface area (Å²) in [5.41, 5.74) is 5.00. The summed E-state index contributed by atoms with van der Waals surface area (Å²) in [5, 5.41) is 12.2. The molecule has 0 radical (unpaired) electrons. The van der Waals surface area contributed by atoms with Crippen molar-refractivity contribution < 1.29 is 28.7 Å². The van der Waals surface area contributed by atoms with Crippen LogP contribution in [0.4, 0.5) is 16.4 Å². The van der Waals surface area contributed by atoms with Gasteiger partial charge in [0.1, 0.15) is 17.2 Å². The van der Waals surface area contributed by atoms with Crippen molar-refractivity contribution in [3.63, 3.8) is 0 Å². The van der Waals surface area contributed by atoms with Crippen molar-refractivity contribution in [2.24, 2.45) is 10.8 Å². The Morgan fingerprint density at radius 3 is 1.56 bits per heavy atom. The summed E-state index contributed by atoms with van der Waals surface area (Å²) >= 11 is 3.33. The molecule has 5 amide bonds. The highest BCUT2D eigenvalue weighted by Gasteiger charge is 2.46. The fourth-order valence-corrected chi connectivity index (χ4v) is 11.7. The maximum atomic E-state index is 13.1. The van der Waals surface area contributed by atoms with E-state index in [1.54, 1.807) is 58.2 Å². The van der Waals surface area contributed by atoms with Crippen molar-refractivity contribution >= 4 is 76.2 Å². The first-order chi connectivity index (χ1) is 34.2. The Labute approximate surface area is 423 Å². The van der Waals surface area contributed by atoms with Crippen molar-refractivity contribution in [1.29, 1.82) is 0 Å². The molecule has 5 aliphatic heterocycles. The van der Waals surface area contributed by atoms with E-state index < -0.39 is 11.0 Å². The van der Waals surface area contributed by atoms with Gasteiger partial charge in [0.25, 0.3) is 0 Å². The molecular weight excluding hydrogens is 935 g/mol. The van der Waals surface area contributed by atoms with Gasteiger partial charge in [-0.25, -0.2) is 24.7 Å². The van der Waals surface area contributed by atoms with Crippen LogP contribution in [0.3, 0.4) is 0 Å². The Morgan fingerprint density at radius 2 is 1.14 bits per heavy atom. The number of nitrogens with zero attached hydrogens (tertiary/aromatic N) is 7. The number of pyridine rings is 2. The maximum Gasteiger partial charge on any atom is 0.410 e. The van der Waals surface area contributed by atoms with Crippen LogP contribution in [0.1, 0.15) is 111 Å². The van der Waals surface area contributed by atoms with Crippen molar-refractivity contribution in [3.8, 4) is 0 Å². The van der Waals surface area contributed by atoms with Crippen LogP contribution in [0.5, 0.6) is 0 Å². The number of amides is 5. The first-order valence-corrected chi connectivity index (χ1v) is 26.6. The topological polar surface area (TPSA) is 180 Å². The fourth-order valence-electron chi connectivity index (χ4n) is 10.3. The SMILES string of the molecule is CC(C)(C)OC(=O)N1CCC2(CC1)Cc1cc(/C=C/C(=O)N3CC=C(Cc4nccs4)CC3)cnc1NC2=O.O=C(/C=C/c1cnc2c(c1)CC1(CCCCC1)C(=O)N2)N1CC=C(Cc2nccs2)CC1.